The van der Waals surface area contributed by atoms with E-state index in [1.807, 2.05) is 19.1 Å². The molecule has 5 nitrogen and oxygen atoms in total. The molecule has 0 heterocycles. The SMILES string of the molecule is COc1cc(C)c(CCNC(=O)NCc2ccc(F)cc2)cc1OC. The Balaban J connectivity index is 1.81. The largest absolute Gasteiger partial charge is 0.493 e. The summed E-state index contributed by atoms with van der Waals surface area (Å²) in [5, 5.41) is 5.55. The molecule has 0 unspecified atom stereocenters. The van der Waals surface area contributed by atoms with Crippen LogP contribution in [0.15, 0.2) is 36.4 Å². The van der Waals surface area contributed by atoms with Gasteiger partial charge in [0.05, 0.1) is 14.2 Å². The number of halogens is 1. The van der Waals surface area contributed by atoms with Gasteiger partial charge in [-0.05, 0) is 54.3 Å². The molecule has 0 spiro atoms. The lowest BCUT2D eigenvalue weighted by Crippen LogP contribution is -2.36. The quantitative estimate of drug-likeness (QED) is 0.809. The van der Waals surface area contributed by atoms with Gasteiger partial charge >= 0.3 is 6.03 Å². The smallest absolute Gasteiger partial charge is 0.315 e. The Labute approximate surface area is 147 Å². The van der Waals surface area contributed by atoms with Crippen molar-refractivity contribution in [2.24, 2.45) is 0 Å². The van der Waals surface area contributed by atoms with Crippen LogP contribution in [0.25, 0.3) is 0 Å². The monoisotopic (exact) mass is 346 g/mol. The van der Waals surface area contributed by atoms with Gasteiger partial charge < -0.3 is 20.1 Å². The molecule has 2 N–H and O–H groups in total. The molecule has 0 saturated carbocycles. The summed E-state index contributed by atoms with van der Waals surface area (Å²) >= 11 is 0. The molecule has 0 atom stereocenters. The van der Waals surface area contributed by atoms with Crippen LogP contribution in [-0.2, 0) is 13.0 Å². The van der Waals surface area contributed by atoms with Crippen molar-refractivity contribution in [3.63, 3.8) is 0 Å². The Morgan fingerprint density at radius 1 is 1.04 bits per heavy atom. The molecule has 0 radical (unpaired) electrons. The van der Waals surface area contributed by atoms with Crippen molar-refractivity contribution in [2.75, 3.05) is 20.8 Å². The first kappa shape index (κ1) is 18.6. The summed E-state index contributed by atoms with van der Waals surface area (Å²) in [6.07, 6.45) is 0.677. The molecule has 2 aromatic rings. The Bertz CT molecular complexity index is 717. The number of benzene rings is 2. The van der Waals surface area contributed by atoms with Gasteiger partial charge in [0.1, 0.15) is 5.82 Å². The number of carbonyl (C=O) groups is 1. The maximum atomic E-state index is 12.8. The highest BCUT2D eigenvalue weighted by Gasteiger charge is 2.09. The summed E-state index contributed by atoms with van der Waals surface area (Å²) in [5.74, 6) is 1.07. The van der Waals surface area contributed by atoms with Crippen LogP contribution in [0.3, 0.4) is 0 Å². The molecule has 25 heavy (non-hydrogen) atoms. The number of urea groups is 1. The summed E-state index contributed by atoms with van der Waals surface area (Å²) in [6.45, 7) is 2.83. The number of amides is 2. The number of hydrogen-bond acceptors (Lipinski definition) is 3. The van der Waals surface area contributed by atoms with Crippen LogP contribution < -0.4 is 20.1 Å². The van der Waals surface area contributed by atoms with E-state index in [0.29, 0.717) is 31.0 Å². The van der Waals surface area contributed by atoms with Gasteiger partial charge in [-0.3, -0.25) is 0 Å². The fraction of sp³-hybridized carbons (Fsp3) is 0.316. The average molecular weight is 346 g/mol. The van der Waals surface area contributed by atoms with E-state index in [-0.39, 0.29) is 11.8 Å². The van der Waals surface area contributed by atoms with E-state index in [1.54, 1.807) is 26.4 Å². The van der Waals surface area contributed by atoms with Crippen molar-refractivity contribution in [3.8, 4) is 11.5 Å². The minimum Gasteiger partial charge on any atom is -0.493 e. The zero-order valence-electron chi connectivity index (χ0n) is 14.7. The fourth-order valence-electron chi connectivity index (χ4n) is 2.45. The zero-order chi connectivity index (χ0) is 18.2. The number of ether oxygens (including phenoxy) is 2. The second-order valence-electron chi connectivity index (χ2n) is 5.62. The van der Waals surface area contributed by atoms with E-state index >= 15 is 0 Å². The molecule has 2 rings (SSSR count). The van der Waals surface area contributed by atoms with Crippen molar-refractivity contribution >= 4 is 6.03 Å². The van der Waals surface area contributed by atoms with Crippen molar-refractivity contribution in [1.82, 2.24) is 10.6 Å². The van der Waals surface area contributed by atoms with Gasteiger partial charge in [-0.2, -0.15) is 0 Å². The first-order valence-corrected chi connectivity index (χ1v) is 8.01. The molecule has 0 aliphatic heterocycles. The highest BCUT2D eigenvalue weighted by Crippen LogP contribution is 2.30. The number of methoxy groups -OCH3 is 2. The van der Waals surface area contributed by atoms with Crippen molar-refractivity contribution in [2.45, 2.75) is 19.9 Å². The van der Waals surface area contributed by atoms with E-state index in [1.165, 1.54) is 12.1 Å². The minimum atomic E-state index is -0.293. The molecule has 2 aromatic carbocycles. The third-order valence-electron chi connectivity index (χ3n) is 3.89. The van der Waals surface area contributed by atoms with E-state index in [9.17, 15) is 9.18 Å². The number of hydrogen-bond donors (Lipinski definition) is 2. The molecular formula is C19H23FN2O3. The van der Waals surface area contributed by atoms with Crippen molar-refractivity contribution < 1.29 is 18.7 Å². The summed E-state index contributed by atoms with van der Waals surface area (Å²) in [7, 11) is 3.20. The van der Waals surface area contributed by atoms with Gasteiger partial charge in [-0.15, -0.1) is 0 Å². The Morgan fingerprint density at radius 3 is 2.32 bits per heavy atom. The molecule has 0 aromatic heterocycles. The van der Waals surface area contributed by atoms with Crippen LogP contribution in [0.5, 0.6) is 11.5 Å². The lowest BCUT2D eigenvalue weighted by atomic mass is 10.0. The highest BCUT2D eigenvalue weighted by molar-refractivity contribution is 5.73. The number of rotatable bonds is 7. The number of carbonyl (C=O) groups excluding carboxylic acids is 1. The van der Waals surface area contributed by atoms with E-state index in [0.717, 1.165) is 16.7 Å². The highest BCUT2D eigenvalue weighted by atomic mass is 19.1. The van der Waals surface area contributed by atoms with Gasteiger partial charge in [0.15, 0.2) is 11.5 Å². The van der Waals surface area contributed by atoms with Gasteiger partial charge in [0, 0.05) is 13.1 Å². The molecule has 2 amide bonds. The molecule has 6 heteroatoms. The maximum Gasteiger partial charge on any atom is 0.315 e. The third kappa shape index (κ3) is 5.38. The predicted molar refractivity (Wildman–Crippen MR) is 94.6 cm³/mol. The summed E-state index contributed by atoms with van der Waals surface area (Å²) in [5.41, 5.74) is 3.00. The normalized spacial score (nSPS) is 10.2. The number of aryl methyl sites for hydroxylation is 1. The molecular weight excluding hydrogens is 323 g/mol. The van der Waals surface area contributed by atoms with E-state index in [2.05, 4.69) is 10.6 Å². The minimum absolute atomic E-state index is 0.262. The lowest BCUT2D eigenvalue weighted by molar-refractivity contribution is 0.240. The number of nitrogens with one attached hydrogen (secondary N) is 2. The Kier molecular flexibility index (Phi) is 6.62. The van der Waals surface area contributed by atoms with Crippen LogP contribution in [0, 0.1) is 12.7 Å². The summed E-state index contributed by atoms with van der Waals surface area (Å²) in [4.78, 5) is 11.8. The molecule has 134 valence electrons. The second kappa shape index (κ2) is 8.92. The predicted octanol–water partition coefficient (Wildman–Crippen LogP) is 3.19. The van der Waals surface area contributed by atoms with Crippen molar-refractivity contribution in [3.05, 3.63) is 58.9 Å². The topological polar surface area (TPSA) is 59.6 Å². The Morgan fingerprint density at radius 2 is 1.68 bits per heavy atom. The van der Waals surface area contributed by atoms with Crippen LogP contribution in [-0.4, -0.2) is 26.8 Å². The Hall–Kier alpha value is -2.76. The maximum absolute atomic E-state index is 12.8. The lowest BCUT2D eigenvalue weighted by Gasteiger charge is -2.13. The first-order chi connectivity index (χ1) is 12.0. The molecule has 0 bridgehead atoms. The van der Waals surface area contributed by atoms with Gasteiger partial charge in [0.25, 0.3) is 0 Å². The van der Waals surface area contributed by atoms with Crippen LogP contribution >= 0.6 is 0 Å². The van der Waals surface area contributed by atoms with E-state index < -0.39 is 0 Å². The molecule has 0 aliphatic rings. The van der Waals surface area contributed by atoms with Crippen molar-refractivity contribution in [1.29, 1.82) is 0 Å². The third-order valence-corrected chi connectivity index (χ3v) is 3.89. The first-order valence-electron chi connectivity index (χ1n) is 8.01. The van der Waals surface area contributed by atoms with Crippen LogP contribution in [0.1, 0.15) is 16.7 Å². The molecule has 0 saturated heterocycles. The summed E-state index contributed by atoms with van der Waals surface area (Å²) < 4.78 is 23.4. The van der Waals surface area contributed by atoms with Gasteiger partial charge in [-0.1, -0.05) is 12.1 Å². The molecule has 0 aliphatic carbocycles. The second-order valence-corrected chi connectivity index (χ2v) is 5.62. The molecule has 0 fully saturated rings. The average Bonchev–Trinajstić information content (AvgIpc) is 2.62. The zero-order valence-corrected chi connectivity index (χ0v) is 14.7. The van der Waals surface area contributed by atoms with Gasteiger partial charge in [0.2, 0.25) is 0 Å². The van der Waals surface area contributed by atoms with Crippen LogP contribution in [0.2, 0.25) is 0 Å². The fourth-order valence-corrected chi connectivity index (χ4v) is 2.45. The van der Waals surface area contributed by atoms with Crippen LogP contribution in [0.4, 0.5) is 9.18 Å². The van der Waals surface area contributed by atoms with Gasteiger partial charge in [-0.25, -0.2) is 9.18 Å². The standard InChI is InChI=1S/C19H23FN2O3/c1-13-10-17(24-2)18(25-3)11-15(13)8-9-21-19(23)22-12-14-4-6-16(20)7-5-14/h4-7,10-11H,8-9,12H2,1-3H3,(H2,21,22,23). The summed E-state index contributed by atoms with van der Waals surface area (Å²) in [6, 6.07) is 9.60. The van der Waals surface area contributed by atoms with E-state index in [4.69, 9.17) is 9.47 Å².